The highest BCUT2D eigenvalue weighted by Crippen LogP contribution is 2.36. The van der Waals surface area contributed by atoms with Crippen LogP contribution in [0.15, 0.2) is 60.7 Å². The third-order valence-corrected chi connectivity index (χ3v) is 4.97. The number of rotatable bonds is 4. The molecule has 0 bridgehead atoms. The van der Waals surface area contributed by atoms with Crippen molar-refractivity contribution >= 4 is 17.5 Å². The van der Waals surface area contributed by atoms with E-state index in [1.165, 1.54) is 6.07 Å². The molecule has 4 nitrogen and oxygen atoms in total. The molecule has 0 radical (unpaired) electrons. The second-order valence-corrected chi connectivity index (χ2v) is 6.87. The lowest BCUT2D eigenvalue weighted by Gasteiger charge is -2.19. The second kappa shape index (κ2) is 7.24. The van der Waals surface area contributed by atoms with Crippen molar-refractivity contribution in [3.05, 3.63) is 88.6 Å². The molecule has 0 saturated carbocycles. The number of pyridine rings is 1. The number of halogens is 3. The maximum atomic E-state index is 12.9. The number of carbonyl (C=O) groups is 1. The Bertz CT molecular complexity index is 1080. The smallest absolute Gasteiger partial charge is 0.416 e. The van der Waals surface area contributed by atoms with Crippen LogP contribution in [0.1, 0.15) is 32.7 Å². The summed E-state index contributed by atoms with van der Waals surface area (Å²) in [5.74, 6) is -0.314. The summed E-state index contributed by atoms with van der Waals surface area (Å²) < 4.78 is 38.8. The zero-order chi connectivity index (χ0) is 20.6. The normalized spacial score (nSPS) is 13.4. The Morgan fingerprint density at radius 1 is 1.07 bits per heavy atom. The van der Waals surface area contributed by atoms with Crippen molar-refractivity contribution in [3.8, 4) is 0 Å². The van der Waals surface area contributed by atoms with E-state index in [1.807, 2.05) is 23.1 Å². The van der Waals surface area contributed by atoms with Gasteiger partial charge in [-0.1, -0.05) is 30.3 Å². The number of alkyl halides is 3. The van der Waals surface area contributed by atoms with E-state index in [4.69, 9.17) is 0 Å². The Morgan fingerprint density at radius 2 is 1.83 bits per heavy atom. The van der Waals surface area contributed by atoms with Crippen molar-refractivity contribution in [3.63, 3.8) is 0 Å². The number of hydrogen-bond acceptors (Lipinski definition) is 3. The zero-order valence-electron chi connectivity index (χ0n) is 15.3. The van der Waals surface area contributed by atoms with Crippen molar-refractivity contribution in [1.82, 2.24) is 4.98 Å². The fourth-order valence-electron chi connectivity index (χ4n) is 3.66. The standard InChI is InChI=1S/C22H17F3N2O2/c23-22(24,25)15-5-1-4-14(12-15)13-16-6-2-9-20(26-16)27-11-10-17-18(21(28)29)7-3-8-19(17)27/h1-9,12H,10-11,13H2,(H,28,29). The van der Waals surface area contributed by atoms with Gasteiger partial charge in [0, 0.05) is 24.3 Å². The van der Waals surface area contributed by atoms with E-state index in [0.29, 0.717) is 30.0 Å². The summed E-state index contributed by atoms with van der Waals surface area (Å²) in [7, 11) is 0. The minimum Gasteiger partial charge on any atom is -0.478 e. The zero-order valence-corrected chi connectivity index (χ0v) is 15.3. The number of aromatic carboxylic acids is 1. The first-order chi connectivity index (χ1) is 13.8. The Balaban J connectivity index is 1.62. The van der Waals surface area contributed by atoms with Gasteiger partial charge in [0.2, 0.25) is 0 Å². The van der Waals surface area contributed by atoms with Crippen LogP contribution in [0.3, 0.4) is 0 Å². The topological polar surface area (TPSA) is 53.4 Å². The number of hydrogen-bond donors (Lipinski definition) is 1. The van der Waals surface area contributed by atoms with Gasteiger partial charge in [-0.05, 0) is 47.9 Å². The number of nitrogens with zero attached hydrogens (tertiary/aromatic N) is 2. The first kappa shape index (κ1) is 19.0. The Morgan fingerprint density at radius 3 is 2.59 bits per heavy atom. The summed E-state index contributed by atoms with van der Waals surface area (Å²) in [6.07, 6.45) is -3.52. The number of anilines is 2. The highest BCUT2D eigenvalue weighted by atomic mass is 19.4. The Kier molecular flexibility index (Phi) is 4.74. The van der Waals surface area contributed by atoms with Gasteiger partial charge < -0.3 is 10.0 Å². The van der Waals surface area contributed by atoms with E-state index < -0.39 is 17.7 Å². The lowest BCUT2D eigenvalue weighted by atomic mass is 10.1. The predicted molar refractivity (Wildman–Crippen MR) is 103 cm³/mol. The van der Waals surface area contributed by atoms with Crippen molar-refractivity contribution in [1.29, 1.82) is 0 Å². The molecule has 0 saturated heterocycles. The molecular weight excluding hydrogens is 381 g/mol. The quantitative estimate of drug-likeness (QED) is 0.666. The van der Waals surface area contributed by atoms with Crippen LogP contribution in [0.4, 0.5) is 24.7 Å². The molecule has 7 heteroatoms. The van der Waals surface area contributed by atoms with Crippen LogP contribution in [-0.4, -0.2) is 22.6 Å². The first-order valence-corrected chi connectivity index (χ1v) is 9.08. The molecule has 0 atom stereocenters. The Hall–Kier alpha value is -3.35. The van der Waals surface area contributed by atoms with Crippen LogP contribution in [-0.2, 0) is 19.0 Å². The number of benzene rings is 2. The maximum Gasteiger partial charge on any atom is 0.416 e. The third kappa shape index (κ3) is 3.81. The van der Waals surface area contributed by atoms with Crippen molar-refractivity contribution in [2.24, 2.45) is 0 Å². The van der Waals surface area contributed by atoms with Crippen LogP contribution in [0, 0.1) is 0 Å². The van der Waals surface area contributed by atoms with Gasteiger partial charge in [-0.15, -0.1) is 0 Å². The molecule has 4 rings (SSSR count). The number of carboxylic acid groups (broad SMARTS) is 1. The van der Waals surface area contributed by atoms with E-state index >= 15 is 0 Å². The first-order valence-electron chi connectivity index (χ1n) is 9.08. The van der Waals surface area contributed by atoms with Crippen LogP contribution in [0.25, 0.3) is 0 Å². The summed E-state index contributed by atoms with van der Waals surface area (Å²) in [6, 6.07) is 15.8. The molecule has 0 spiro atoms. The lowest BCUT2D eigenvalue weighted by molar-refractivity contribution is -0.137. The van der Waals surface area contributed by atoms with E-state index in [9.17, 15) is 23.1 Å². The largest absolute Gasteiger partial charge is 0.478 e. The van der Waals surface area contributed by atoms with Gasteiger partial charge in [0.1, 0.15) is 5.82 Å². The fraction of sp³-hybridized carbons (Fsp3) is 0.182. The lowest BCUT2D eigenvalue weighted by Crippen LogP contribution is -2.15. The molecule has 148 valence electrons. The summed E-state index contributed by atoms with van der Waals surface area (Å²) in [6.45, 7) is 0.597. The van der Waals surface area contributed by atoms with Crippen molar-refractivity contribution in [2.45, 2.75) is 19.0 Å². The van der Waals surface area contributed by atoms with Crippen LogP contribution < -0.4 is 4.90 Å². The molecule has 0 amide bonds. The minimum atomic E-state index is -4.38. The number of aromatic nitrogens is 1. The van der Waals surface area contributed by atoms with E-state index in [2.05, 4.69) is 4.98 Å². The summed E-state index contributed by atoms with van der Waals surface area (Å²) >= 11 is 0. The molecule has 0 aliphatic carbocycles. The van der Waals surface area contributed by atoms with Gasteiger partial charge in [0.25, 0.3) is 0 Å². The average molecular weight is 398 g/mol. The summed E-state index contributed by atoms with van der Waals surface area (Å²) in [5.41, 5.74) is 2.34. The molecule has 1 aliphatic rings. The second-order valence-electron chi connectivity index (χ2n) is 6.87. The molecule has 2 aromatic carbocycles. The van der Waals surface area contributed by atoms with Crippen LogP contribution in [0.2, 0.25) is 0 Å². The summed E-state index contributed by atoms with van der Waals surface area (Å²) in [4.78, 5) is 18.0. The minimum absolute atomic E-state index is 0.271. The SMILES string of the molecule is O=C(O)c1cccc2c1CCN2c1cccc(Cc2cccc(C(F)(F)F)c2)n1. The molecule has 0 unspecified atom stereocenters. The third-order valence-electron chi connectivity index (χ3n) is 4.97. The van der Waals surface area contributed by atoms with E-state index in [0.717, 1.165) is 23.4 Å². The molecule has 29 heavy (non-hydrogen) atoms. The Labute approximate surface area is 165 Å². The molecule has 3 aromatic rings. The van der Waals surface area contributed by atoms with Crippen molar-refractivity contribution in [2.75, 3.05) is 11.4 Å². The highest BCUT2D eigenvalue weighted by molar-refractivity contribution is 5.92. The average Bonchev–Trinajstić information content (AvgIpc) is 3.12. The predicted octanol–water partition coefficient (Wildman–Crippen LogP) is 5.08. The highest BCUT2D eigenvalue weighted by Gasteiger charge is 2.30. The summed E-state index contributed by atoms with van der Waals surface area (Å²) in [5, 5.41) is 9.38. The van der Waals surface area contributed by atoms with Gasteiger partial charge in [-0.3, -0.25) is 0 Å². The van der Waals surface area contributed by atoms with Gasteiger partial charge in [0.05, 0.1) is 11.1 Å². The molecule has 1 aromatic heterocycles. The molecule has 0 fully saturated rings. The van der Waals surface area contributed by atoms with Crippen LogP contribution >= 0.6 is 0 Å². The van der Waals surface area contributed by atoms with Gasteiger partial charge in [-0.2, -0.15) is 13.2 Å². The molecular formula is C22H17F3N2O2. The van der Waals surface area contributed by atoms with Crippen LogP contribution in [0.5, 0.6) is 0 Å². The van der Waals surface area contributed by atoms with Gasteiger partial charge >= 0.3 is 12.1 Å². The number of carboxylic acids is 1. The maximum absolute atomic E-state index is 12.9. The van der Waals surface area contributed by atoms with Gasteiger partial charge in [-0.25, -0.2) is 9.78 Å². The van der Waals surface area contributed by atoms with Crippen molar-refractivity contribution < 1.29 is 23.1 Å². The fourth-order valence-corrected chi connectivity index (χ4v) is 3.66. The van der Waals surface area contributed by atoms with E-state index in [1.54, 1.807) is 24.3 Å². The number of fused-ring (bicyclic) bond motifs is 1. The van der Waals surface area contributed by atoms with Gasteiger partial charge in [0.15, 0.2) is 0 Å². The molecule has 1 aliphatic heterocycles. The van der Waals surface area contributed by atoms with E-state index in [-0.39, 0.29) is 12.0 Å². The monoisotopic (exact) mass is 398 g/mol. The molecule has 2 heterocycles. The molecule has 1 N–H and O–H groups in total.